The molecule has 0 aliphatic rings. The second-order valence-corrected chi connectivity index (χ2v) is 1.79. The van der Waals surface area contributed by atoms with Crippen molar-refractivity contribution >= 4 is 5.97 Å². The van der Waals surface area contributed by atoms with Crippen molar-refractivity contribution in [1.82, 2.24) is 0 Å². The van der Waals surface area contributed by atoms with Gasteiger partial charge in [-0.2, -0.15) is 0 Å². The van der Waals surface area contributed by atoms with Crippen LogP contribution in [0.4, 0.5) is 0 Å². The van der Waals surface area contributed by atoms with Crippen molar-refractivity contribution in [2.75, 3.05) is 0 Å². The van der Waals surface area contributed by atoms with E-state index in [-0.39, 0.29) is 5.97 Å². The van der Waals surface area contributed by atoms with Gasteiger partial charge in [-0.3, -0.25) is 0 Å². The van der Waals surface area contributed by atoms with Crippen LogP contribution in [0.25, 0.3) is 0 Å². The van der Waals surface area contributed by atoms with Gasteiger partial charge in [-0.25, -0.2) is 0 Å². The second kappa shape index (κ2) is 4.09. The minimum atomic E-state index is -0.467. The van der Waals surface area contributed by atoms with E-state index < -0.39 is 19.5 Å². The zero-order chi connectivity index (χ0) is 5.70. The molecule has 0 aliphatic heterocycles. The monoisotopic (exact) mass is 134 g/mol. The molecule has 0 rings (SSSR count). The summed E-state index contributed by atoms with van der Waals surface area (Å²) in [5.41, 5.74) is 0. The van der Waals surface area contributed by atoms with Gasteiger partial charge < -0.3 is 0 Å². The van der Waals surface area contributed by atoms with E-state index in [2.05, 4.69) is 9.90 Å². The molecule has 0 saturated heterocycles. The van der Waals surface area contributed by atoms with E-state index in [4.69, 9.17) is 0 Å². The maximum atomic E-state index is 10.1. The molecule has 0 heterocycles. The van der Waals surface area contributed by atoms with Crippen molar-refractivity contribution in [3.05, 3.63) is 12.7 Å². The van der Waals surface area contributed by atoms with Crippen LogP contribution in [0, 0.1) is 0 Å². The van der Waals surface area contributed by atoms with Gasteiger partial charge in [-0.1, -0.05) is 0 Å². The first-order valence-corrected chi connectivity index (χ1v) is 4.01. The van der Waals surface area contributed by atoms with Gasteiger partial charge in [0.05, 0.1) is 0 Å². The Morgan fingerprint density at radius 1 is 2.00 bits per heavy atom. The summed E-state index contributed by atoms with van der Waals surface area (Å²) in [5, 5.41) is 1.88. The molecular weight excluding hydrogens is 128 g/mol. The van der Waals surface area contributed by atoms with Gasteiger partial charge in [0.15, 0.2) is 0 Å². The SMILES string of the molecule is C=CC(=O)[O][Ti][CH3]. The molecule has 0 aromatic rings. The van der Waals surface area contributed by atoms with Gasteiger partial charge in [0.1, 0.15) is 0 Å². The third kappa shape index (κ3) is 3.76. The molecule has 0 fully saturated rings. The van der Waals surface area contributed by atoms with Crippen LogP contribution in [0.1, 0.15) is 0 Å². The van der Waals surface area contributed by atoms with E-state index in [1.54, 1.807) is 0 Å². The zero-order valence-electron chi connectivity index (χ0n) is 4.10. The summed E-state index contributed by atoms with van der Waals surface area (Å²) in [6.45, 7) is 3.22. The summed E-state index contributed by atoms with van der Waals surface area (Å²) in [6.07, 6.45) is 1.17. The van der Waals surface area contributed by atoms with Crippen molar-refractivity contribution in [2.45, 2.75) is 5.23 Å². The Bertz CT molecular complexity index is 79.8. The van der Waals surface area contributed by atoms with Crippen molar-refractivity contribution in [1.29, 1.82) is 0 Å². The Morgan fingerprint density at radius 3 is 2.71 bits per heavy atom. The van der Waals surface area contributed by atoms with E-state index >= 15 is 0 Å². The first-order chi connectivity index (χ1) is 3.31. The molecule has 0 bridgehead atoms. The Kier molecular flexibility index (Phi) is 4.05. The Morgan fingerprint density at radius 2 is 2.57 bits per heavy atom. The van der Waals surface area contributed by atoms with Gasteiger partial charge in [-0.15, -0.1) is 0 Å². The average molecular weight is 134 g/mol. The van der Waals surface area contributed by atoms with Gasteiger partial charge in [-0.05, 0) is 0 Å². The zero-order valence-corrected chi connectivity index (χ0v) is 5.66. The second-order valence-electron chi connectivity index (χ2n) is 0.829. The average Bonchev–Trinajstić information content (AvgIpc) is 1.68. The van der Waals surface area contributed by atoms with Crippen LogP contribution < -0.4 is 0 Å². The van der Waals surface area contributed by atoms with E-state index in [0.29, 0.717) is 0 Å². The van der Waals surface area contributed by atoms with Crippen LogP contribution in [-0.4, -0.2) is 5.97 Å². The van der Waals surface area contributed by atoms with Crippen LogP contribution in [0.15, 0.2) is 12.7 Å². The molecule has 0 radical (unpaired) electrons. The third-order valence-electron chi connectivity index (χ3n) is 0.369. The van der Waals surface area contributed by atoms with E-state index in [1.165, 1.54) is 6.08 Å². The predicted molar refractivity (Wildman–Crippen MR) is 22.2 cm³/mol. The fourth-order valence-electron chi connectivity index (χ4n) is 0.142. The number of carbonyl (C=O) groups excluding carboxylic acids is 1. The molecule has 0 aromatic heterocycles. The molecule has 0 atom stereocenters. The van der Waals surface area contributed by atoms with Gasteiger partial charge in [0.2, 0.25) is 0 Å². The van der Waals surface area contributed by atoms with Crippen LogP contribution in [0.2, 0.25) is 5.23 Å². The van der Waals surface area contributed by atoms with E-state index in [9.17, 15) is 4.79 Å². The summed E-state index contributed by atoms with van der Waals surface area (Å²) < 4.78 is 4.56. The number of hydrogen-bond acceptors (Lipinski definition) is 2. The Labute approximate surface area is 51.9 Å². The number of rotatable bonds is 2. The standard InChI is InChI=1S/C3H4O2.CH3.Ti/c1-2-3(4)5;;/h2H,1H2,(H,4,5);1H3;/q;;+1/p-1. The molecule has 7 heavy (non-hydrogen) atoms. The first-order valence-electron chi connectivity index (χ1n) is 1.81. The molecule has 38 valence electrons. The van der Waals surface area contributed by atoms with Crippen LogP contribution in [0.3, 0.4) is 0 Å². The maximum absolute atomic E-state index is 10.1. The van der Waals surface area contributed by atoms with Crippen molar-refractivity contribution in [3.63, 3.8) is 0 Å². The van der Waals surface area contributed by atoms with Crippen LogP contribution in [0.5, 0.6) is 0 Å². The predicted octanol–water partition coefficient (Wildman–Crippen LogP) is 0.761. The van der Waals surface area contributed by atoms with E-state index in [0.717, 1.165) is 0 Å². The molecule has 0 spiro atoms. The topological polar surface area (TPSA) is 26.3 Å². The first kappa shape index (κ1) is 6.92. The number of hydrogen-bond donors (Lipinski definition) is 0. The fourth-order valence-corrected chi connectivity index (χ4v) is 0.587. The molecule has 0 aromatic carbocycles. The Balaban J connectivity index is 3.17. The Hall–Kier alpha value is -0.0757. The summed E-state index contributed by atoms with van der Waals surface area (Å²) in [7, 11) is 0. The van der Waals surface area contributed by atoms with Gasteiger partial charge in [0.25, 0.3) is 0 Å². The quantitative estimate of drug-likeness (QED) is 0.411. The molecular formula is C4H6O2Ti. The minimum absolute atomic E-state index is 0.303. The van der Waals surface area contributed by atoms with Gasteiger partial charge >= 0.3 is 51.5 Å². The van der Waals surface area contributed by atoms with Crippen molar-refractivity contribution < 1.29 is 27.7 Å². The molecule has 0 saturated carbocycles. The summed E-state index contributed by atoms with van der Waals surface area (Å²) in [5.74, 6) is -0.303. The summed E-state index contributed by atoms with van der Waals surface area (Å²) in [6, 6.07) is 0. The molecule has 2 nitrogen and oxygen atoms in total. The van der Waals surface area contributed by atoms with Crippen LogP contribution >= 0.6 is 0 Å². The summed E-state index contributed by atoms with van der Waals surface area (Å²) >= 11 is -0.467. The van der Waals surface area contributed by atoms with Crippen molar-refractivity contribution in [3.8, 4) is 0 Å². The molecule has 3 heteroatoms. The van der Waals surface area contributed by atoms with Crippen molar-refractivity contribution in [2.24, 2.45) is 0 Å². The summed E-state index contributed by atoms with van der Waals surface area (Å²) in [4.78, 5) is 10.1. The van der Waals surface area contributed by atoms with Gasteiger partial charge in [0, 0.05) is 0 Å². The number of carbonyl (C=O) groups is 1. The molecule has 0 N–H and O–H groups in total. The third-order valence-corrected chi connectivity index (χ3v) is 1.00. The molecule has 0 unspecified atom stereocenters. The molecule has 0 amide bonds. The molecule has 0 aliphatic carbocycles. The van der Waals surface area contributed by atoms with E-state index in [1.807, 2.05) is 5.23 Å². The van der Waals surface area contributed by atoms with Crippen LogP contribution in [-0.2, 0) is 27.7 Å². The fraction of sp³-hybridized carbons (Fsp3) is 0.250. The normalized spacial score (nSPS) is 7.00.